The van der Waals surface area contributed by atoms with Crippen molar-refractivity contribution in [1.29, 1.82) is 0 Å². The number of hydrogen-bond donors (Lipinski definition) is 1. The molecule has 3 atom stereocenters. The first kappa shape index (κ1) is 16.7. The summed E-state index contributed by atoms with van der Waals surface area (Å²) in [5.41, 5.74) is -0.115. The van der Waals surface area contributed by atoms with Crippen molar-refractivity contribution >= 4 is 11.6 Å². The van der Waals surface area contributed by atoms with Crippen molar-refractivity contribution < 1.29 is 18.0 Å². The van der Waals surface area contributed by atoms with Gasteiger partial charge in [0.05, 0.1) is 0 Å². The number of hydrogen-bond acceptors (Lipinski definition) is 2. The second-order valence-electron chi connectivity index (χ2n) is 8.40. The van der Waals surface area contributed by atoms with Crippen LogP contribution in [0.4, 0.5) is 18.9 Å². The number of likely N-dealkylation sites (tertiary alicyclic amines) is 1. The third-order valence-electron chi connectivity index (χ3n) is 6.32. The number of carbonyl (C=O) groups excluding carboxylic acids is 1. The number of nitrogens with one attached hydrogen (secondary N) is 1. The van der Waals surface area contributed by atoms with Gasteiger partial charge in [0.25, 0.3) is 0 Å². The van der Waals surface area contributed by atoms with Crippen LogP contribution in [0.3, 0.4) is 0 Å². The highest BCUT2D eigenvalue weighted by Gasteiger charge is 2.62. The summed E-state index contributed by atoms with van der Waals surface area (Å²) >= 11 is 0. The molecule has 0 spiro atoms. The van der Waals surface area contributed by atoms with E-state index in [4.69, 9.17) is 0 Å². The molecule has 1 amide bonds. The number of anilines is 1. The molecule has 0 aromatic heterocycles. The smallest absolute Gasteiger partial charge is 0.245 e. The van der Waals surface area contributed by atoms with Gasteiger partial charge in [-0.1, -0.05) is 26.7 Å². The second kappa shape index (κ2) is 5.64. The van der Waals surface area contributed by atoms with Gasteiger partial charge in [0.2, 0.25) is 5.91 Å². The van der Waals surface area contributed by atoms with Crippen molar-refractivity contribution in [3.63, 3.8) is 0 Å². The van der Waals surface area contributed by atoms with E-state index in [-0.39, 0.29) is 5.91 Å². The van der Waals surface area contributed by atoms with E-state index in [0.29, 0.717) is 54.8 Å². The molecular formula is C19H23F3N2O. The van der Waals surface area contributed by atoms with E-state index in [0.717, 1.165) is 12.8 Å². The van der Waals surface area contributed by atoms with Crippen molar-refractivity contribution in [1.82, 2.24) is 4.90 Å². The summed E-state index contributed by atoms with van der Waals surface area (Å²) < 4.78 is 41.0. The van der Waals surface area contributed by atoms with Gasteiger partial charge in [0.15, 0.2) is 11.6 Å². The normalized spacial score (nSPS) is 27.8. The van der Waals surface area contributed by atoms with E-state index in [1.54, 1.807) is 0 Å². The first-order valence-corrected chi connectivity index (χ1v) is 8.97. The number of fused-ring (bicyclic) bond motifs is 1. The Bertz CT molecular complexity index is 680. The van der Waals surface area contributed by atoms with Crippen LogP contribution in [0.5, 0.6) is 0 Å². The van der Waals surface area contributed by atoms with Gasteiger partial charge in [-0.2, -0.15) is 0 Å². The van der Waals surface area contributed by atoms with E-state index in [2.05, 4.69) is 19.2 Å². The van der Waals surface area contributed by atoms with Crippen LogP contribution in [0.15, 0.2) is 12.1 Å². The van der Waals surface area contributed by atoms with Crippen molar-refractivity contribution in [2.24, 2.45) is 23.2 Å². The third-order valence-corrected chi connectivity index (χ3v) is 6.32. The van der Waals surface area contributed by atoms with Gasteiger partial charge >= 0.3 is 0 Å². The zero-order valence-electron chi connectivity index (χ0n) is 14.5. The summed E-state index contributed by atoms with van der Waals surface area (Å²) in [6.07, 6.45) is 2.64. The molecule has 1 heterocycles. The van der Waals surface area contributed by atoms with Crippen LogP contribution in [0.1, 0.15) is 33.1 Å². The molecule has 6 heteroatoms. The lowest BCUT2D eigenvalue weighted by Gasteiger charge is -2.28. The molecule has 136 valence electrons. The molecule has 1 aromatic carbocycles. The van der Waals surface area contributed by atoms with Crippen LogP contribution in [0, 0.1) is 40.6 Å². The van der Waals surface area contributed by atoms with Crippen molar-refractivity contribution in [2.75, 3.05) is 18.4 Å². The largest absolute Gasteiger partial charge is 0.369 e. The zero-order valence-corrected chi connectivity index (χ0v) is 14.5. The lowest BCUT2D eigenvalue weighted by atomic mass is 10.0. The maximum absolute atomic E-state index is 14.0. The molecular weight excluding hydrogens is 329 g/mol. The molecule has 0 radical (unpaired) electrons. The second-order valence-corrected chi connectivity index (χ2v) is 8.40. The molecule has 1 aliphatic heterocycles. The van der Waals surface area contributed by atoms with Crippen LogP contribution in [-0.2, 0) is 4.79 Å². The van der Waals surface area contributed by atoms with Gasteiger partial charge < -0.3 is 10.2 Å². The maximum Gasteiger partial charge on any atom is 0.245 e. The standard InChI is InChI=1S/C19H23F3N2O/c1-19(2)12-8-24(9-13(12)19)18(25)16(5-10-3-4-10)23-17-14(21)6-11(20)7-15(17)22/h6-7,10,12-13,16,23H,3-5,8-9H2,1-2H3/t12-,13+,16-/m1/s1. The van der Waals surface area contributed by atoms with Crippen molar-refractivity contribution in [3.8, 4) is 0 Å². The molecule has 3 nitrogen and oxygen atoms in total. The Kier molecular flexibility index (Phi) is 3.78. The highest BCUT2D eigenvalue weighted by Crippen LogP contribution is 2.62. The van der Waals surface area contributed by atoms with Crippen LogP contribution in [0.2, 0.25) is 0 Å². The van der Waals surface area contributed by atoms with Gasteiger partial charge in [-0.15, -0.1) is 0 Å². The Hall–Kier alpha value is -1.72. The van der Waals surface area contributed by atoms with Crippen LogP contribution in [0.25, 0.3) is 0 Å². The minimum Gasteiger partial charge on any atom is -0.369 e. The molecule has 3 aliphatic rings. The van der Waals surface area contributed by atoms with Crippen molar-refractivity contribution in [3.05, 3.63) is 29.6 Å². The topological polar surface area (TPSA) is 32.3 Å². The Morgan fingerprint density at radius 3 is 2.28 bits per heavy atom. The lowest BCUT2D eigenvalue weighted by molar-refractivity contribution is -0.132. The molecule has 1 saturated heterocycles. The quantitative estimate of drug-likeness (QED) is 0.874. The zero-order chi connectivity index (χ0) is 17.9. The summed E-state index contributed by atoms with van der Waals surface area (Å²) in [5.74, 6) is -1.60. The summed E-state index contributed by atoms with van der Waals surface area (Å²) in [6, 6.07) is 0.609. The monoisotopic (exact) mass is 352 g/mol. The third kappa shape index (κ3) is 3.00. The summed E-state index contributed by atoms with van der Waals surface area (Å²) in [4.78, 5) is 14.7. The fraction of sp³-hybridized carbons (Fsp3) is 0.632. The predicted molar refractivity (Wildman–Crippen MR) is 88.4 cm³/mol. The molecule has 4 rings (SSSR count). The Labute approximate surface area is 145 Å². The highest BCUT2D eigenvalue weighted by atomic mass is 19.1. The van der Waals surface area contributed by atoms with Crippen LogP contribution < -0.4 is 5.32 Å². The van der Waals surface area contributed by atoms with Crippen LogP contribution in [-0.4, -0.2) is 29.9 Å². The first-order chi connectivity index (χ1) is 11.8. The SMILES string of the molecule is CC1(C)[C@@H]2CN(C(=O)[C@@H](CC3CC3)Nc3c(F)cc(F)cc3F)C[C@@H]21. The Morgan fingerprint density at radius 1 is 1.20 bits per heavy atom. The molecule has 1 aromatic rings. The first-order valence-electron chi connectivity index (χ1n) is 8.97. The predicted octanol–water partition coefficient (Wildman–Crippen LogP) is 3.80. The number of amides is 1. The Balaban J connectivity index is 1.50. The van der Waals surface area contributed by atoms with E-state index >= 15 is 0 Å². The summed E-state index contributed by atoms with van der Waals surface area (Å²) in [5, 5.41) is 2.73. The van der Waals surface area contributed by atoms with E-state index in [1.165, 1.54) is 0 Å². The number of halogens is 3. The molecule has 2 aliphatic carbocycles. The number of carbonyl (C=O) groups is 1. The maximum atomic E-state index is 14.0. The van der Waals surface area contributed by atoms with E-state index in [9.17, 15) is 18.0 Å². The molecule has 3 fully saturated rings. The van der Waals surface area contributed by atoms with Gasteiger partial charge in [-0.25, -0.2) is 13.2 Å². The van der Waals surface area contributed by atoms with Gasteiger partial charge in [0, 0.05) is 25.2 Å². The van der Waals surface area contributed by atoms with E-state index < -0.39 is 29.2 Å². The van der Waals surface area contributed by atoms with Crippen LogP contribution >= 0.6 is 0 Å². The van der Waals surface area contributed by atoms with E-state index in [1.807, 2.05) is 4.90 Å². The lowest BCUT2D eigenvalue weighted by Crippen LogP contribution is -2.44. The van der Waals surface area contributed by atoms with Gasteiger partial charge in [-0.3, -0.25) is 4.79 Å². The minimum atomic E-state index is -1.00. The fourth-order valence-electron chi connectivity index (χ4n) is 4.29. The Morgan fingerprint density at radius 2 is 1.76 bits per heavy atom. The molecule has 0 unspecified atom stereocenters. The molecule has 0 bridgehead atoms. The summed E-state index contributed by atoms with van der Waals surface area (Å²) in [7, 11) is 0. The minimum absolute atomic E-state index is 0.0991. The number of piperidine rings is 1. The number of rotatable bonds is 5. The van der Waals surface area contributed by atoms with Crippen molar-refractivity contribution in [2.45, 2.75) is 39.2 Å². The average Bonchev–Trinajstić information content (AvgIpc) is 3.35. The van der Waals surface area contributed by atoms with Gasteiger partial charge in [-0.05, 0) is 29.6 Å². The summed E-state index contributed by atoms with van der Waals surface area (Å²) in [6.45, 7) is 5.86. The number of nitrogens with zero attached hydrogens (tertiary/aromatic N) is 1. The average molecular weight is 352 g/mol. The molecule has 1 N–H and O–H groups in total. The fourth-order valence-corrected chi connectivity index (χ4v) is 4.29. The van der Waals surface area contributed by atoms with Gasteiger partial charge in [0.1, 0.15) is 17.5 Å². The highest BCUT2D eigenvalue weighted by molar-refractivity contribution is 5.85. The number of benzene rings is 1. The molecule has 2 saturated carbocycles. The molecule has 25 heavy (non-hydrogen) atoms.